The van der Waals surface area contributed by atoms with Crippen LogP contribution in [0.15, 0.2) is 43.0 Å². The molecule has 0 N–H and O–H groups in total. The van der Waals surface area contributed by atoms with Gasteiger partial charge in [-0.05, 0) is 12.5 Å². The van der Waals surface area contributed by atoms with Crippen molar-refractivity contribution in [3.8, 4) is 0 Å². The average Bonchev–Trinajstić information content (AvgIpc) is 2.78. The van der Waals surface area contributed by atoms with Crippen LogP contribution < -0.4 is 4.57 Å². The van der Waals surface area contributed by atoms with E-state index in [9.17, 15) is 4.79 Å². The minimum absolute atomic E-state index is 0.0313. The Kier molecular flexibility index (Phi) is 3.46. The molecule has 0 radical (unpaired) electrons. The third-order valence-electron chi connectivity index (χ3n) is 2.86. The van der Waals surface area contributed by atoms with Crippen LogP contribution in [0, 0.1) is 6.92 Å². The Balaban J connectivity index is 2.05. The first-order chi connectivity index (χ1) is 8.56. The van der Waals surface area contributed by atoms with Crippen LogP contribution in [0.2, 0.25) is 0 Å². The van der Waals surface area contributed by atoms with Crippen LogP contribution in [0.5, 0.6) is 0 Å². The largest absolute Gasteiger partial charge is 0.415 e. The van der Waals surface area contributed by atoms with Crippen molar-refractivity contribution in [2.45, 2.75) is 13.5 Å². The third-order valence-corrected chi connectivity index (χ3v) is 2.86. The number of aromatic nitrogens is 2. The molecule has 4 heteroatoms. The van der Waals surface area contributed by atoms with E-state index in [1.165, 1.54) is 5.56 Å². The summed E-state index contributed by atoms with van der Waals surface area (Å²) in [5.41, 5.74) is 2.36. The topological polar surface area (TPSA) is 29.1 Å². The molecule has 18 heavy (non-hydrogen) atoms. The van der Waals surface area contributed by atoms with Crippen molar-refractivity contribution in [2.24, 2.45) is 7.05 Å². The first-order valence-corrected chi connectivity index (χ1v) is 5.90. The van der Waals surface area contributed by atoms with E-state index in [1.54, 1.807) is 22.0 Å². The average molecular weight is 244 g/mol. The zero-order valence-electron chi connectivity index (χ0n) is 11.0. The van der Waals surface area contributed by atoms with Crippen molar-refractivity contribution in [3.05, 3.63) is 54.1 Å². The second-order valence-corrected chi connectivity index (χ2v) is 4.61. The first-order valence-electron chi connectivity index (χ1n) is 5.90. The van der Waals surface area contributed by atoms with Gasteiger partial charge in [0.2, 0.25) is 0 Å². The second kappa shape index (κ2) is 5.04. The molecule has 0 aliphatic heterocycles. The number of benzene rings is 1. The van der Waals surface area contributed by atoms with E-state index in [-0.39, 0.29) is 6.03 Å². The van der Waals surface area contributed by atoms with E-state index in [0.717, 1.165) is 5.56 Å². The molecule has 0 aliphatic carbocycles. The quantitative estimate of drug-likeness (QED) is 0.740. The molecule has 1 amide bonds. The van der Waals surface area contributed by atoms with Crippen molar-refractivity contribution in [3.63, 3.8) is 0 Å². The van der Waals surface area contributed by atoms with Crippen LogP contribution in [0.25, 0.3) is 0 Å². The van der Waals surface area contributed by atoms with Crippen molar-refractivity contribution >= 4 is 6.03 Å². The molecule has 1 aromatic heterocycles. The summed E-state index contributed by atoms with van der Waals surface area (Å²) in [5.74, 6) is 0. The summed E-state index contributed by atoms with van der Waals surface area (Å²) in [6.45, 7) is 2.67. The molecule has 0 atom stereocenters. The van der Waals surface area contributed by atoms with Gasteiger partial charge in [0, 0.05) is 13.6 Å². The van der Waals surface area contributed by atoms with Gasteiger partial charge in [-0.2, -0.15) is 4.57 Å². The normalized spacial score (nSPS) is 10.4. The van der Waals surface area contributed by atoms with Gasteiger partial charge < -0.3 is 4.90 Å². The number of carbonyl (C=O) groups excluding carboxylic acids is 1. The summed E-state index contributed by atoms with van der Waals surface area (Å²) in [6, 6.07) is 8.19. The molecule has 1 heterocycles. The van der Waals surface area contributed by atoms with E-state index in [4.69, 9.17) is 0 Å². The number of hydrogen-bond acceptors (Lipinski definition) is 1. The van der Waals surface area contributed by atoms with Crippen molar-refractivity contribution in [1.82, 2.24) is 9.47 Å². The number of aryl methyl sites for hydroxylation is 2. The zero-order chi connectivity index (χ0) is 13.1. The van der Waals surface area contributed by atoms with Gasteiger partial charge in [-0.15, -0.1) is 0 Å². The van der Waals surface area contributed by atoms with Gasteiger partial charge in [0.1, 0.15) is 12.4 Å². The zero-order valence-corrected chi connectivity index (χ0v) is 11.0. The molecule has 0 saturated heterocycles. The molecular weight excluding hydrogens is 226 g/mol. The maximum atomic E-state index is 12.1. The molecule has 0 bridgehead atoms. The van der Waals surface area contributed by atoms with Gasteiger partial charge in [-0.25, -0.2) is 9.36 Å². The number of amides is 1. The summed E-state index contributed by atoms with van der Waals surface area (Å²) >= 11 is 0. The van der Waals surface area contributed by atoms with Crippen LogP contribution in [0.1, 0.15) is 11.1 Å². The maximum absolute atomic E-state index is 12.1. The Morgan fingerprint density at radius 2 is 2.00 bits per heavy atom. The molecule has 2 aromatic rings. The highest BCUT2D eigenvalue weighted by Crippen LogP contribution is 2.06. The van der Waals surface area contributed by atoms with Gasteiger partial charge in [-0.3, -0.25) is 0 Å². The Labute approximate surface area is 107 Å². The van der Waals surface area contributed by atoms with Crippen LogP contribution in [-0.2, 0) is 13.6 Å². The van der Waals surface area contributed by atoms with Gasteiger partial charge in [0.15, 0.2) is 0 Å². The fourth-order valence-electron chi connectivity index (χ4n) is 1.80. The highest BCUT2D eigenvalue weighted by Gasteiger charge is 2.16. The molecule has 1 aromatic carbocycles. The van der Waals surface area contributed by atoms with Crippen LogP contribution >= 0.6 is 0 Å². The number of nitrogens with zero attached hydrogens (tertiary/aromatic N) is 3. The lowest BCUT2D eigenvalue weighted by molar-refractivity contribution is -0.670. The van der Waals surface area contributed by atoms with Gasteiger partial charge >= 0.3 is 6.03 Å². The van der Waals surface area contributed by atoms with Crippen LogP contribution in [0.3, 0.4) is 0 Å². The summed E-state index contributed by atoms with van der Waals surface area (Å²) in [4.78, 5) is 13.8. The van der Waals surface area contributed by atoms with Crippen molar-refractivity contribution in [1.29, 1.82) is 0 Å². The fraction of sp³-hybridized carbons (Fsp3) is 0.286. The molecule has 0 saturated carbocycles. The third kappa shape index (κ3) is 2.77. The lowest BCUT2D eigenvalue weighted by atomic mass is 10.1. The molecular formula is C14H18N3O+. The summed E-state index contributed by atoms with van der Waals surface area (Å²) in [7, 11) is 3.70. The van der Waals surface area contributed by atoms with Crippen molar-refractivity contribution < 1.29 is 9.36 Å². The maximum Gasteiger partial charge on any atom is 0.415 e. The standard InChI is InChI=1S/C14H18N3O/c1-12-4-6-13(7-5-12)10-16(3)14(18)17-9-8-15(2)11-17/h4-9,11H,10H2,1-3H3/q+1. The van der Waals surface area contributed by atoms with Crippen LogP contribution in [0.4, 0.5) is 4.79 Å². The van der Waals surface area contributed by atoms with Crippen molar-refractivity contribution in [2.75, 3.05) is 7.05 Å². The Morgan fingerprint density at radius 3 is 2.56 bits per heavy atom. The molecule has 4 nitrogen and oxygen atoms in total. The second-order valence-electron chi connectivity index (χ2n) is 4.61. The van der Waals surface area contributed by atoms with E-state index in [2.05, 4.69) is 31.2 Å². The lowest BCUT2D eigenvalue weighted by Gasteiger charge is -2.14. The smallest absolute Gasteiger partial charge is 0.303 e. The highest BCUT2D eigenvalue weighted by molar-refractivity contribution is 5.76. The predicted octanol–water partition coefficient (Wildman–Crippen LogP) is 1.72. The van der Waals surface area contributed by atoms with E-state index < -0.39 is 0 Å². The minimum atomic E-state index is -0.0313. The number of hydrogen-bond donors (Lipinski definition) is 0. The molecule has 94 valence electrons. The van der Waals surface area contributed by atoms with Gasteiger partial charge in [0.25, 0.3) is 6.33 Å². The van der Waals surface area contributed by atoms with Gasteiger partial charge in [0.05, 0.1) is 7.05 Å². The molecule has 0 unspecified atom stereocenters. The van der Waals surface area contributed by atoms with E-state index in [0.29, 0.717) is 6.54 Å². The lowest BCUT2D eigenvalue weighted by Crippen LogP contribution is -2.32. The molecule has 0 spiro atoms. The fourth-order valence-corrected chi connectivity index (χ4v) is 1.80. The highest BCUT2D eigenvalue weighted by atomic mass is 16.2. The number of rotatable bonds is 2. The minimum Gasteiger partial charge on any atom is -0.303 e. The SMILES string of the molecule is Cc1ccc(CN(C)C(=O)n2cc[n+](C)c2)cc1. The number of imidazole rings is 1. The Morgan fingerprint density at radius 1 is 1.33 bits per heavy atom. The summed E-state index contributed by atoms with van der Waals surface area (Å²) < 4.78 is 3.42. The predicted molar refractivity (Wildman–Crippen MR) is 69.0 cm³/mol. The van der Waals surface area contributed by atoms with E-state index in [1.807, 2.05) is 24.9 Å². The first kappa shape index (κ1) is 12.4. The van der Waals surface area contributed by atoms with Crippen LogP contribution in [-0.4, -0.2) is 22.5 Å². The molecule has 2 rings (SSSR count). The molecule has 0 aliphatic rings. The van der Waals surface area contributed by atoms with E-state index >= 15 is 0 Å². The monoisotopic (exact) mass is 244 g/mol. The molecule has 0 fully saturated rings. The number of carbonyl (C=O) groups is 1. The van der Waals surface area contributed by atoms with Gasteiger partial charge in [-0.1, -0.05) is 29.8 Å². The Hall–Kier alpha value is -2.10. The Bertz CT molecular complexity index is 542. The summed E-state index contributed by atoms with van der Waals surface area (Å²) in [6.07, 6.45) is 5.36. The summed E-state index contributed by atoms with van der Waals surface area (Å²) in [5, 5.41) is 0.